The zero-order chi connectivity index (χ0) is 16.7. The summed E-state index contributed by atoms with van der Waals surface area (Å²) in [4.78, 5) is 21.1. The number of halogens is 1. The normalized spacial score (nSPS) is 19.4. The highest BCUT2D eigenvalue weighted by molar-refractivity contribution is 6.31. The Morgan fingerprint density at radius 1 is 1.33 bits per heavy atom. The van der Waals surface area contributed by atoms with Gasteiger partial charge in [0, 0.05) is 29.9 Å². The Morgan fingerprint density at radius 2 is 2.12 bits per heavy atom. The molecule has 0 saturated heterocycles. The van der Waals surface area contributed by atoms with Crippen molar-refractivity contribution in [2.75, 3.05) is 5.32 Å². The van der Waals surface area contributed by atoms with E-state index in [0.717, 1.165) is 24.0 Å². The SMILES string of the molecule is CCn1c(NC(=O)[C@@H]2C[C@H]2c2ccncc2)nc2cc(Cl)ccc21. The van der Waals surface area contributed by atoms with Crippen LogP contribution in [-0.2, 0) is 11.3 Å². The molecule has 24 heavy (non-hydrogen) atoms. The van der Waals surface area contributed by atoms with Crippen LogP contribution in [0, 0.1) is 5.92 Å². The second kappa shape index (κ2) is 5.91. The topological polar surface area (TPSA) is 59.8 Å². The van der Waals surface area contributed by atoms with Crippen LogP contribution in [0.25, 0.3) is 11.0 Å². The predicted octanol–water partition coefficient (Wildman–Crippen LogP) is 3.85. The Morgan fingerprint density at radius 3 is 2.88 bits per heavy atom. The van der Waals surface area contributed by atoms with Gasteiger partial charge in [-0.15, -0.1) is 0 Å². The summed E-state index contributed by atoms with van der Waals surface area (Å²) in [7, 11) is 0. The lowest BCUT2D eigenvalue weighted by Gasteiger charge is -2.07. The number of aromatic nitrogens is 3. The molecule has 2 aromatic heterocycles. The highest BCUT2D eigenvalue weighted by atomic mass is 35.5. The van der Waals surface area contributed by atoms with Crippen LogP contribution in [0.5, 0.6) is 0 Å². The van der Waals surface area contributed by atoms with Crippen molar-refractivity contribution in [2.24, 2.45) is 5.92 Å². The van der Waals surface area contributed by atoms with Crippen LogP contribution in [-0.4, -0.2) is 20.4 Å². The van der Waals surface area contributed by atoms with E-state index in [4.69, 9.17) is 11.6 Å². The van der Waals surface area contributed by atoms with Crippen molar-refractivity contribution < 1.29 is 4.79 Å². The summed E-state index contributed by atoms with van der Waals surface area (Å²) in [5, 5.41) is 3.63. The number of nitrogens with one attached hydrogen (secondary N) is 1. The van der Waals surface area contributed by atoms with E-state index in [1.54, 1.807) is 12.4 Å². The number of carbonyl (C=O) groups is 1. The second-order valence-corrected chi connectivity index (χ2v) is 6.47. The Labute approximate surface area is 144 Å². The van der Waals surface area contributed by atoms with Crippen molar-refractivity contribution in [3.8, 4) is 0 Å². The van der Waals surface area contributed by atoms with Gasteiger partial charge in [0.25, 0.3) is 0 Å². The van der Waals surface area contributed by atoms with Crippen molar-refractivity contribution in [3.63, 3.8) is 0 Å². The van der Waals surface area contributed by atoms with E-state index in [1.807, 2.05) is 41.8 Å². The quantitative estimate of drug-likeness (QED) is 0.784. The first-order valence-electron chi connectivity index (χ1n) is 8.04. The van der Waals surface area contributed by atoms with Crippen LogP contribution >= 0.6 is 11.6 Å². The van der Waals surface area contributed by atoms with Crippen molar-refractivity contribution >= 4 is 34.5 Å². The van der Waals surface area contributed by atoms with Crippen molar-refractivity contribution in [1.29, 1.82) is 0 Å². The van der Waals surface area contributed by atoms with E-state index in [0.29, 0.717) is 11.0 Å². The molecular formula is C18H17ClN4O. The number of pyridine rings is 1. The largest absolute Gasteiger partial charge is 0.310 e. The van der Waals surface area contributed by atoms with Gasteiger partial charge in [0.1, 0.15) is 0 Å². The Balaban J connectivity index is 1.55. The average molecular weight is 341 g/mol. The Hall–Kier alpha value is -2.40. The van der Waals surface area contributed by atoms with E-state index >= 15 is 0 Å². The van der Waals surface area contributed by atoms with Crippen LogP contribution in [0.1, 0.15) is 24.8 Å². The number of amides is 1. The summed E-state index contributed by atoms with van der Waals surface area (Å²) < 4.78 is 1.99. The maximum absolute atomic E-state index is 12.6. The number of hydrogen-bond donors (Lipinski definition) is 1. The monoisotopic (exact) mass is 340 g/mol. The fourth-order valence-electron chi connectivity index (χ4n) is 3.19. The molecule has 1 aliphatic rings. The molecule has 0 unspecified atom stereocenters. The molecule has 122 valence electrons. The molecule has 0 radical (unpaired) electrons. The second-order valence-electron chi connectivity index (χ2n) is 6.03. The average Bonchev–Trinajstić information content (AvgIpc) is 3.32. The minimum atomic E-state index is 0.00102. The molecular weight excluding hydrogens is 324 g/mol. The number of nitrogens with zero attached hydrogens (tertiary/aromatic N) is 3. The van der Waals surface area contributed by atoms with Gasteiger partial charge < -0.3 is 4.57 Å². The van der Waals surface area contributed by atoms with Gasteiger partial charge in [-0.3, -0.25) is 15.1 Å². The van der Waals surface area contributed by atoms with Gasteiger partial charge in [0.2, 0.25) is 11.9 Å². The summed E-state index contributed by atoms with van der Waals surface area (Å²) in [6.07, 6.45) is 4.40. The number of carbonyl (C=O) groups excluding carboxylic acids is 1. The van der Waals surface area contributed by atoms with E-state index < -0.39 is 0 Å². The lowest BCUT2D eigenvalue weighted by molar-refractivity contribution is -0.117. The molecule has 1 amide bonds. The van der Waals surface area contributed by atoms with Crippen molar-refractivity contribution in [3.05, 3.63) is 53.3 Å². The number of hydrogen-bond acceptors (Lipinski definition) is 3. The number of rotatable bonds is 4. The maximum atomic E-state index is 12.6. The van der Waals surface area contributed by atoms with E-state index in [1.165, 1.54) is 5.56 Å². The third-order valence-corrected chi connectivity index (χ3v) is 4.76. The molecule has 4 rings (SSSR count). The lowest BCUT2D eigenvalue weighted by atomic mass is 10.1. The van der Waals surface area contributed by atoms with E-state index in [2.05, 4.69) is 15.3 Å². The van der Waals surface area contributed by atoms with Crippen molar-refractivity contribution in [2.45, 2.75) is 25.8 Å². The van der Waals surface area contributed by atoms with Crippen LogP contribution in [0.2, 0.25) is 5.02 Å². The van der Waals surface area contributed by atoms with Gasteiger partial charge in [-0.2, -0.15) is 0 Å². The number of aryl methyl sites for hydroxylation is 1. The van der Waals surface area contributed by atoms with Gasteiger partial charge in [0.05, 0.1) is 11.0 Å². The van der Waals surface area contributed by atoms with E-state index in [-0.39, 0.29) is 17.7 Å². The molecule has 2 atom stereocenters. The van der Waals surface area contributed by atoms with Crippen LogP contribution in [0.15, 0.2) is 42.7 Å². The lowest BCUT2D eigenvalue weighted by Crippen LogP contribution is -2.18. The first-order valence-corrected chi connectivity index (χ1v) is 8.41. The fourth-order valence-corrected chi connectivity index (χ4v) is 3.35. The van der Waals surface area contributed by atoms with Gasteiger partial charge in [-0.1, -0.05) is 11.6 Å². The van der Waals surface area contributed by atoms with Crippen molar-refractivity contribution in [1.82, 2.24) is 14.5 Å². The number of benzene rings is 1. The summed E-state index contributed by atoms with van der Waals surface area (Å²) in [6.45, 7) is 2.76. The van der Waals surface area contributed by atoms with Crippen LogP contribution in [0.3, 0.4) is 0 Å². The number of anilines is 1. The Kier molecular flexibility index (Phi) is 3.73. The minimum absolute atomic E-state index is 0.00102. The zero-order valence-corrected chi connectivity index (χ0v) is 14.0. The predicted molar refractivity (Wildman–Crippen MR) is 94.1 cm³/mol. The number of fused-ring (bicyclic) bond motifs is 1. The molecule has 3 aromatic rings. The van der Waals surface area contributed by atoms with Crippen LogP contribution < -0.4 is 5.32 Å². The van der Waals surface area contributed by atoms with Gasteiger partial charge in [-0.05, 0) is 55.2 Å². The van der Waals surface area contributed by atoms with Gasteiger partial charge >= 0.3 is 0 Å². The third kappa shape index (κ3) is 2.65. The zero-order valence-electron chi connectivity index (χ0n) is 13.2. The molecule has 1 N–H and O–H groups in total. The molecule has 0 aliphatic heterocycles. The first-order chi connectivity index (χ1) is 11.7. The number of imidazole rings is 1. The molecule has 0 spiro atoms. The van der Waals surface area contributed by atoms with Crippen LogP contribution in [0.4, 0.5) is 5.95 Å². The maximum Gasteiger partial charge on any atom is 0.230 e. The van der Waals surface area contributed by atoms with Gasteiger partial charge in [-0.25, -0.2) is 4.98 Å². The molecule has 6 heteroatoms. The van der Waals surface area contributed by atoms with E-state index in [9.17, 15) is 4.79 Å². The molecule has 5 nitrogen and oxygen atoms in total. The first kappa shape index (κ1) is 15.1. The summed E-state index contributed by atoms with van der Waals surface area (Å²) in [5.41, 5.74) is 2.93. The summed E-state index contributed by atoms with van der Waals surface area (Å²) >= 11 is 6.03. The Bertz CT molecular complexity index is 906. The standard InChI is InChI=1S/C18H17ClN4O/c1-2-23-16-4-3-12(19)9-15(16)21-18(23)22-17(24)14-10-13(14)11-5-7-20-8-6-11/h3-9,13-14H,2,10H2,1H3,(H,21,22,24)/t13-,14+/m0/s1. The highest BCUT2D eigenvalue weighted by Gasteiger charge is 2.44. The fraction of sp³-hybridized carbons (Fsp3) is 0.278. The molecule has 1 saturated carbocycles. The van der Waals surface area contributed by atoms with Gasteiger partial charge in [0.15, 0.2) is 0 Å². The summed E-state index contributed by atoms with van der Waals surface area (Å²) in [6, 6.07) is 9.53. The molecule has 0 bridgehead atoms. The smallest absolute Gasteiger partial charge is 0.230 e. The molecule has 1 fully saturated rings. The highest BCUT2D eigenvalue weighted by Crippen LogP contribution is 2.47. The molecule has 1 aromatic carbocycles. The summed E-state index contributed by atoms with van der Waals surface area (Å²) in [5.74, 6) is 0.885. The molecule has 1 aliphatic carbocycles. The third-order valence-electron chi connectivity index (χ3n) is 4.52. The minimum Gasteiger partial charge on any atom is -0.310 e. The molecule has 2 heterocycles.